The first-order valence-electron chi connectivity index (χ1n) is 7.93. The topological polar surface area (TPSA) is 78.0 Å². The number of hydrogen-bond acceptors (Lipinski definition) is 6. The molecule has 0 saturated heterocycles. The Morgan fingerprint density at radius 3 is 2.73 bits per heavy atom. The molecule has 0 aliphatic rings. The molecule has 0 radical (unpaired) electrons. The maximum atomic E-state index is 13.1. The van der Waals surface area contributed by atoms with E-state index in [1.165, 1.54) is 11.8 Å². The molecule has 26 heavy (non-hydrogen) atoms. The van der Waals surface area contributed by atoms with Gasteiger partial charge in [0.1, 0.15) is 5.52 Å². The van der Waals surface area contributed by atoms with Gasteiger partial charge in [0.05, 0.1) is 5.69 Å². The van der Waals surface area contributed by atoms with Crippen molar-refractivity contribution in [1.29, 1.82) is 0 Å². The average Bonchev–Trinajstić information content (AvgIpc) is 3.12. The van der Waals surface area contributed by atoms with E-state index in [1.807, 2.05) is 54.8 Å². The first-order chi connectivity index (χ1) is 12.8. The molecule has 5 aromatic rings. The normalized spacial score (nSPS) is 11.6. The van der Waals surface area contributed by atoms with Gasteiger partial charge in [0, 0.05) is 11.6 Å². The Morgan fingerprint density at radius 1 is 1.00 bits per heavy atom. The Bertz CT molecular complexity index is 1350. The highest BCUT2D eigenvalue weighted by molar-refractivity contribution is 7.98. The van der Waals surface area contributed by atoms with E-state index in [4.69, 9.17) is 0 Å². The Kier molecular flexibility index (Phi) is 3.26. The van der Waals surface area contributed by atoms with Gasteiger partial charge in [-0.3, -0.25) is 9.36 Å². The summed E-state index contributed by atoms with van der Waals surface area (Å²) >= 11 is 1.41. The van der Waals surface area contributed by atoms with E-state index in [2.05, 4.69) is 20.3 Å². The Morgan fingerprint density at radius 2 is 1.85 bits per heavy atom. The van der Waals surface area contributed by atoms with Gasteiger partial charge in [-0.1, -0.05) is 48.2 Å². The van der Waals surface area contributed by atoms with Gasteiger partial charge in [-0.05, 0) is 23.8 Å². The molecule has 0 bridgehead atoms. The molecule has 0 spiro atoms. The molecular formula is C18H12N6OS. The monoisotopic (exact) mass is 360 g/mol. The van der Waals surface area contributed by atoms with Crippen LogP contribution in [-0.2, 0) is 0 Å². The third kappa shape index (κ3) is 2.12. The molecule has 0 N–H and O–H groups in total. The minimum absolute atomic E-state index is 0.241. The number of thioether (sulfide) groups is 1. The summed E-state index contributed by atoms with van der Waals surface area (Å²) < 4.78 is 3.15. The summed E-state index contributed by atoms with van der Waals surface area (Å²) in [6.45, 7) is 0. The third-order valence-electron chi connectivity index (χ3n) is 4.29. The van der Waals surface area contributed by atoms with E-state index in [0.717, 1.165) is 16.5 Å². The molecule has 0 aliphatic heterocycles. The molecule has 3 aromatic heterocycles. The third-order valence-corrected chi connectivity index (χ3v) is 4.83. The maximum Gasteiger partial charge on any atom is 0.285 e. The minimum atomic E-state index is -0.241. The quantitative estimate of drug-likeness (QED) is 0.451. The molecule has 0 unspecified atom stereocenters. The van der Waals surface area contributed by atoms with Crippen molar-refractivity contribution in [2.24, 2.45) is 0 Å². The molecular weight excluding hydrogens is 348 g/mol. The summed E-state index contributed by atoms with van der Waals surface area (Å²) in [5, 5.41) is 15.2. The van der Waals surface area contributed by atoms with Crippen LogP contribution in [0.2, 0.25) is 0 Å². The van der Waals surface area contributed by atoms with Gasteiger partial charge in [-0.25, -0.2) is 0 Å². The smallest absolute Gasteiger partial charge is 0.282 e. The molecule has 126 valence electrons. The second kappa shape index (κ2) is 5.63. The molecule has 0 amide bonds. The zero-order valence-corrected chi connectivity index (χ0v) is 14.5. The fourth-order valence-electron chi connectivity index (χ4n) is 3.08. The number of hydrogen-bond donors (Lipinski definition) is 0. The van der Waals surface area contributed by atoms with Crippen LogP contribution in [-0.4, -0.2) is 35.6 Å². The van der Waals surface area contributed by atoms with Crippen LogP contribution in [0.1, 0.15) is 0 Å². The highest BCUT2D eigenvalue weighted by Gasteiger charge is 2.14. The lowest BCUT2D eigenvalue weighted by molar-refractivity contribution is 0.886. The SMILES string of the molecule is CSc1nc2nnc3c(=O)n(-c4cccc5ccccc45)ccc3n2n1. The predicted octanol–water partition coefficient (Wildman–Crippen LogP) is 2.70. The Hall–Kier alpha value is -3.26. The van der Waals surface area contributed by atoms with Crippen molar-refractivity contribution >= 4 is 39.3 Å². The van der Waals surface area contributed by atoms with Crippen LogP contribution >= 0.6 is 11.8 Å². The summed E-state index contributed by atoms with van der Waals surface area (Å²) in [6, 6.07) is 15.7. The van der Waals surface area contributed by atoms with E-state index >= 15 is 0 Å². The summed E-state index contributed by atoms with van der Waals surface area (Å²) in [5.41, 5.74) is 1.41. The lowest BCUT2D eigenvalue weighted by Gasteiger charge is -2.10. The minimum Gasteiger partial charge on any atom is -0.282 e. The van der Waals surface area contributed by atoms with Gasteiger partial charge in [0.2, 0.25) is 5.16 Å². The molecule has 7 nitrogen and oxygen atoms in total. The van der Waals surface area contributed by atoms with Crippen molar-refractivity contribution < 1.29 is 0 Å². The fourth-order valence-corrected chi connectivity index (χ4v) is 3.42. The van der Waals surface area contributed by atoms with Crippen molar-refractivity contribution in [1.82, 2.24) is 29.4 Å². The molecule has 0 aliphatic carbocycles. The van der Waals surface area contributed by atoms with Crippen LogP contribution in [0, 0.1) is 0 Å². The largest absolute Gasteiger partial charge is 0.285 e. The second-order valence-electron chi connectivity index (χ2n) is 5.73. The van der Waals surface area contributed by atoms with Gasteiger partial charge in [-0.2, -0.15) is 9.50 Å². The average molecular weight is 360 g/mol. The van der Waals surface area contributed by atoms with Crippen molar-refractivity contribution in [2.75, 3.05) is 6.26 Å². The van der Waals surface area contributed by atoms with Crippen molar-refractivity contribution in [3.63, 3.8) is 0 Å². The lowest BCUT2D eigenvalue weighted by Crippen LogP contribution is -2.20. The van der Waals surface area contributed by atoms with Crippen LogP contribution in [0.25, 0.3) is 33.3 Å². The molecule has 8 heteroatoms. The lowest BCUT2D eigenvalue weighted by atomic mass is 10.1. The number of fused-ring (bicyclic) bond motifs is 4. The van der Waals surface area contributed by atoms with E-state index in [9.17, 15) is 4.79 Å². The first-order valence-corrected chi connectivity index (χ1v) is 9.16. The summed E-state index contributed by atoms with van der Waals surface area (Å²) in [6.07, 6.45) is 3.63. The van der Waals surface area contributed by atoms with Gasteiger partial charge in [0.25, 0.3) is 11.3 Å². The highest BCUT2D eigenvalue weighted by atomic mass is 32.2. The van der Waals surface area contributed by atoms with Crippen molar-refractivity contribution in [3.05, 3.63) is 65.1 Å². The van der Waals surface area contributed by atoms with Gasteiger partial charge in [0.15, 0.2) is 5.52 Å². The van der Waals surface area contributed by atoms with E-state index < -0.39 is 0 Å². The molecule has 0 atom stereocenters. The zero-order valence-electron chi connectivity index (χ0n) is 13.7. The molecule has 5 rings (SSSR count). The van der Waals surface area contributed by atoms with Crippen LogP contribution in [0.3, 0.4) is 0 Å². The first kappa shape index (κ1) is 15.0. The summed E-state index contributed by atoms with van der Waals surface area (Å²) in [4.78, 5) is 17.4. The Labute approximate surface area is 151 Å². The predicted molar refractivity (Wildman–Crippen MR) is 101 cm³/mol. The zero-order chi connectivity index (χ0) is 17.7. The standard InChI is InChI=1S/C18H12N6OS/c1-26-18-19-17-21-20-15-14(24(17)22-18)9-10-23(16(15)25)13-8-4-6-11-5-2-3-7-12(11)13/h2-10H,1H3. The van der Waals surface area contributed by atoms with Gasteiger partial charge >= 0.3 is 0 Å². The van der Waals surface area contributed by atoms with Crippen molar-refractivity contribution in [3.8, 4) is 5.69 Å². The van der Waals surface area contributed by atoms with Crippen LogP contribution in [0.5, 0.6) is 0 Å². The van der Waals surface area contributed by atoms with Crippen LogP contribution < -0.4 is 5.56 Å². The summed E-state index contributed by atoms with van der Waals surface area (Å²) in [5.74, 6) is 0.379. The molecule has 0 saturated carbocycles. The molecule has 2 aromatic carbocycles. The number of rotatable bonds is 2. The molecule has 3 heterocycles. The number of pyridine rings is 1. The summed E-state index contributed by atoms with van der Waals surface area (Å²) in [7, 11) is 0. The Balaban J connectivity index is 1.83. The van der Waals surface area contributed by atoms with Crippen LogP contribution in [0.15, 0.2) is 64.7 Å². The van der Waals surface area contributed by atoms with Crippen LogP contribution in [0.4, 0.5) is 0 Å². The van der Waals surface area contributed by atoms with Crippen molar-refractivity contribution in [2.45, 2.75) is 5.16 Å². The van der Waals surface area contributed by atoms with E-state index in [-0.39, 0.29) is 11.1 Å². The molecule has 0 fully saturated rings. The fraction of sp³-hybridized carbons (Fsp3) is 0.0556. The number of benzene rings is 2. The van der Waals surface area contributed by atoms with Gasteiger partial charge < -0.3 is 0 Å². The maximum absolute atomic E-state index is 13.1. The number of aromatic nitrogens is 6. The van der Waals surface area contributed by atoms with Gasteiger partial charge in [-0.15, -0.1) is 15.3 Å². The van der Waals surface area contributed by atoms with E-state index in [1.54, 1.807) is 15.3 Å². The van der Waals surface area contributed by atoms with E-state index in [0.29, 0.717) is 16.5 Å². The second-order valence-corrected chi connectivity index (χ2v) is 6.51. The number of nitrogens with zero attached hydrogens (tertiary/aromatic N) is 6. The highest BCUT2D eigenvalue weighted by Crippen LogP contribution is 2.22.